The van der Waals surface area contributed by atoms with Gasteiger partial charge in [-0.15, -0.1) is 0 Å². The van der Waals surface area contributed by atoms with E-state index < -0.39 is 0 Å². The molecule has 5 heteroatoms. The molecule has 2 heterocycles. The third kappa shape index (κ3) is 2.87. The lowest BCUT2D eigenvalue weighted by Gasteiger charge is -2.39. The van der Waals surface area contributed by atoms with Crippen LogP contribution in [0.25, 0.3) is 11.0 Å². The van der Waals surface area contributed by atoms with E-state index in [-0.39, 0.29) is 17.6 Å². The van der Waals surface area contributed by atoms with E-state index in [1.165, 1.54) is 0 Å². The maximum absolute atomic E-state index is 11.7. The summed E-state index contributed by atoms with van der Waals surface area (Å²) in [4.78, 5) is 11.7. The van der Waals surface area contributed by atoms with Crippen molar-refractivity contribution in [1.29, 1.82) is 0 Å². The van der Waals surface area contributed by atoms with E-state index >= 15 is 0 Å². The number of hydrogen-bond donors (Lipinski definition) is 1. The summed E-state index contributed by atoms with van der Waals surface area (Å²) >= 11 is 0. The Labute approximate surface area is 128 Å². The summed E-state index contributed by atoms with van der Waals surface area (Å²) in [5.74, 6) is 0.629. The molecule has 0 unspecified atom stereocenters. The molecule has 0 spiro atoms. The molecule has 0 radical (unpaired) electrons. The molecule has 0 saturated carbocycles. The van der Waals surface area contributed by atoms with Gasteiger partial charge in [0.25, 0.3) is 0 Å². The maximum Gasteiger partial charge on any atom is 0.336 e. The lowest BCUT2D eigenvalue weighted by Crippen LogP contribution is -2.49. The van der Waals surface area contributed by atoms with Crippen molar-refractivity contribution in [2.75, 3.05) is 26.4 Å². The van der Waals surface area contributed by atoms with Crippen LogP contribution in [-0.2, 0) is 11.2 Å². The molecule has 5 nitrogen and oxygen atoms in total. The maximum atomic E-state index is 11.7. The zero-order valence-electron chi connectivity index (χ0n) is 12.6. The van der Waals surface area contributed by atoms with Gasteiger partial charge in [0.05, 0.1) is 25.2 Å². The van der Waals surface area contributed by atoms with Crippen molar-refractivity contribution >= 4 is 11.0 Å². The van der Waals surface area contributed by atoms with E-state index in [2.05, 4.69) is 6.92 Å². The number of ether oxygens (including phenoxy) is 2. The summed E-state index contributed by atoms with van der Waals surface area (Å²) in [6, 6.07) is 7.08. The minimum absolute atomic E-state index is 0.0380. The van der Waals surface area contributed by atoms with Gasteiger partial charge in [-0.05, 0) is 24.1 Å². The standard InChI is InChI=1S/C17H20O5/c1-2-3-12-6-16(19)22-15-7-13(4-5-14(12)15)21-11-17(8-18)9-20-10-17/h4-7,18H,2-3,8-11H2,1H3. The highest BCUT2D eigenvalue weighted by molar-refractivity contribution is 5.81. The molecule has 1 aromatic heterocycles. The van der Waals surface area contributed by atoms with E-state index in [1.807, 2.05) is 12.1 Å². The fourth-order valence-corrected chi connectivity index (χ4v) is 2.62. The highest BCUT2D eigenvalue weighted by Gasteiger charge is 2.39. The normalized spacial score (nSPS) is 16.5. The van der Waals surface area contributed by atoms with Crippen molar-refractivity contribution in [3.8, 4) is 5.75 Å². The van der Waals surface area contributed by atoms with Gasteiger partial charge in [-0.3, -0.25) is 0 Å². The predicted octanol–water partition coefficient (Wildman–Crippen LogP) is 2.13. The van der Waals surface area contributed by atoms with Crippen LogP contribution in [0.1, 0.15) is 18.9 Å². The largest absolute Gasteiger partial charge is 0.493 e. The molecule has 1 aliphatic rings. The molecule has 1 saturated heterocycles. The molecule has 0 atom stereocenters. The van der Waals surface area contributed by atoms with Crippen molar-refractivity contribution in [3.05, 3.63) is 40.2 Å². The molecule has 1 aromatic carbocycles. The predicted molar refractivity (Wildman–Crippen MR) is 82.3 cm³/mol. The Kier molecular flexibility index (Phi) is 4.18. The monoisotopic (exact) mass is 304 g/mol. The summed E-state index contributed by atoms with van der Waals surface area (Å²) in [5, 5.41) is 10.3. The number of fused-ring (bicyclic) bond motifs is 1. The quantitative estimate of drug-likeness (QED) is 0.828. The van der Waals surface area contributed by atoms with Crippen molar-refractivity contribution in [3.63, 3.8) is 0 Å². The van der Waals surface area contributed by atoms with Crippen molar-refractivity contribution in [2.24, 2.45) is 5.41 Å². The first-order valence-electron chi connectivity index (χ1n) is 7.54. The number of hydrogen-bond acceptors (Lipinski definition) is 5. The minimum Gasteiger partial charge on any atom is -0.493 e. The molecule has 0 amide bonds. The smallest absolute Gasteiger partial charge is 0.336 e. The van der Waals surface area contributed by atoms with Crippen LogP contribution >= 0.6 is 0 Å². The van der Waals surface area contributed by atoms with Gasteiger partial charge in [-0.25, -0.2) is 4.79 Å². The van der Waals surface area contributed by atoms with E-state index in [4.69, 9.17) is 13.9 Å². The van der Waals surface area contributed by atoms with Crippen molar-refractivity contribution in [2.45, 2.75) is 19.8 Å². The lowest BCUT2D eigenvalue weighted by atomic mass is 9.88. The topological polar surface area (TPSA) is 68.9 Å². The zero-order valence-corrected chi connectivity index (χ0v) is 12.6. The zero-order chi connectivity index (χ0) is 15.6. The van der Waals surface area contributed by atoms with Gasteiger partial charge in [-0.2, -0.15) is 0 Å². The molecule has 22 heavy (non-hydrogen) atoms. The summed E-state index contributed by atoms with van der Waals surface area (Å²) < 4.78 is 16.2. The molecular weight excluding hydrogens is 284 g/mol. The second-order valence-corrected chi connectivity index (χ2v) is 5.94. The first-order chi connectivity index (χ1) is 10.7. The molecule has 1 aliphatic heterocycles. The van der Waals surface area contributed by atoms with Crippen LogP contribution in [0.5, 0.6) is 5.75 Å². The Hall–Kier alpha value is -1.85. The first-order valence-corrected chi connectivity index (χ1v) is 7.54. The second-order valence-electron chi connectivity index (χ2n) is 5.94. The Morgan fingerprint density at radius 1 is 1.32 bits per heavy atom. The lowest BCUT2D eigenvalue weighted by molar-refractivity contribution is -0.153. The van der Waals surface area contributed by atoms with E-state index in [9.17, 15) is 9.90 Å². The number of rotatable bonds is 6. The van der Waals surface area contributed by atoms with Crippen LogP contribution in [0, 0.1) is 5.41 Å². The first kappa shape index (κ1) is 15.1. The highest BCUT2D eigenvalue weighted by atomic mass is 16.5. The van der Waals surface area contributed by atoms with E-state index in [0.717, 1.165) is 23.8 Å². The van der Waals surface area contributed by atoms with Crippen molar-refractivity contribution < 1.29 is 19.0 Å². The molecule has 1 fully saturated rings. The summed E-state index contributed by atoms with van der Waals surface area (Å²) in [6.07, 6.45) is 1.81. The van der Waals surface area contributed by atoms with Gasteiger partial charge in [0.15, 0.2) is 0 Å². The van der Waals surface area contributed by atoms with E-state index in [0.29, 0.717) is 31.2 Å². The Morgan fingerprint density at radius 2 is 2.14 bits per heavy atom. The van der Waals surface area contributed by atoms with E-state index in [1.54, 1.807) is 12.1 Å². The molecule has 2 aromatic rings. The van der Waals surface area contributed by atoms with Crippen LogP contribution < -0.4 is 10.4 Å². The van der Waals surface area contributed by atoms with Crippen LogP contribution in [-0.4, -0.2) is 31.5 Å². The van der Waals surface area contributed by atoms with Gasteiger partial charge >= 0.3 is 5.63 Å². The minimum atomic E-state index is -0.340. The van der Waals surface area contributed by atoms with Gasteiger partial charge in [0.2, 0.25) is 0 Å². The Balaban J connectivity index is 1.85. The van der Waals surface area contributed by atoms with Crippen LogP contribution in [0.3, 0.4) is 0 Å². The molecule has 118 valence electrons. The Morgan fingerprint density at radius 3 is 2.77 bits per heavy atom. The van der Waals surface area contributed by atoms with Crippen LogP contribution in [0.15, 0.2) is 33.5 Å². The highest BCUT2D eigenvalue weighted by Crippen LogP contribution is 2.29. The number of aliphatic hydroxyl groups is 1. The fourth-order valence-electron chi connectivity index (χ4n) is 2.62. The second kappa shape index (κ2) is 6.10. The van der Waals surface area contributed by atoms with Crippen LogP contribution in [0.2, 0.25) is 0 Å². The molecule has 0 aliphatic carbocycles. The summed E-state index contributed by atoms with van der Waals surface area (Å²) in [7, 11) is 0. The summed E-state index contributed by atoms with van der Waals surface area (Å²) in [5.41, 5.74) is 0.892. The number of aliphatic hydroxyl groups excluding tert-OH is 1. The van der Waals surface area contributed by atoms with Gasteiger partial charge < -0.3 is 19.0 Å². The SMILES string of the molecule is CCCc1cc(=O)oc2cc(OCC3(CO)COC3)ccc12. The fraction of sp³-hybridized carbons (Fsp3) is 0.471. The third-order valence-electron chi connectivity index (χ3n) is 4.02. The molecule has 0 bridgehead atoms. The van der Waals surface area contributed by atoms with Crippen molar-refractivity contribution in [1.82, 2.24) is 0 Å². The average molecular weight is 304 g/mol. The van der Waals surface area contributed by atoms with Gasteiger partial charge in [0.1, 0.15) is 17.9 Å². The summed E-state index contributed by atoms with van der Waals surface area (Å²) in [6.45, 7) is 3.51. The van der Waals surface area contributed by atoms with Gasteiger partial charge in [0, 0.05) is 17.5 Å². The molecule has 3 rings (SSSR count). The Bertz CT molecular complexity index is 709. The molecular formula is C17H20O5. The average Bonchev–Trinajstić information content (AvgIpc) is 2.46. The van der Waals surface area contributed by atoms with Crippen LogP contribution in [0.4, 0.5) is 0 Å². The molecule has 1 N–H and O–H groups in total. The number of aryl methyl sites for hydroxylation is 1. The third-order valence-corrected chi connectivity index (χ3v) is 4.02. The van der Waals surface area contributed by atoms with Gasteiger partial charge in [-0.1, -0.05) is 13.3 Å². The number of benzene rings is 1.